The first-order valence-corrected chi connectivity index (χ1v) is 7.19. The van der Waals surface area contributed by atoms with Crippen molar-refractivity contribution in [3.8, 4) is 0 Å². The number of H-pyrrole nitrogens is 1. The van der Waals surface area contributed by atoms with Crippen molar-refractivity contribution in [1.29, 1.82) is 0 Å². The van der Waals surface area contributed by atoms with Crippen molar-refractivity contribution in [2.75, 3.05) is 11.1 Å². The molecule has 3 aromatic rings. The number of fused-ring (bicyclic) bond motifs is 1. The molecule has 0 radical (unpaired) electrons. The zero-order chi connectivity index (χ0) is 15.1. The Kier molecular flexibility index (Phi) is 3.25. The van der Waals surface area contributed by atoms with E-state index in [9.17, 15) is 4.79 Å². The average molecular weight is 348 g/mol. The lowest BCUT2D eigenvalue weighted by molar-refractivity contribution is 0.555. The fourth-order valence-electron chi connectivity index (χ4n) is 2.36. The van der Waals surface area contributed by atoms with Crippen LogP contribution >= 0.6 is 15.9 Å². The number of aryl methyl sites for hydroxylation is 2. The predicted molar refractivity (Wildman–Crippen MR) is 88.1 cm³/mol. The van der Waals surface area contributed by atoms with Crippen molar-refractivity contribution in [3.63, 3.8) is 0 Å². The van der Waals surface area contributed by atoms with Crippen molar-refractivity contribution in [1.82, 2.24) is 4.98 Å². The van der Waals surface area contributed by atoms with Gasteiger partial charge in [0.15, 0.2) is 5.58 Å². The van der Waals surface area contributed by atoms with E-state index in [-0.39, 0.29) is 0 Å². The van der Waals surface area contributed by atoms with Gasteiger partial charge in [-0.15, -0.1) is 0 Å². The van der Waals surface area contributed by atoms with E-state index in [0.29, 0.717) is 16.8 Å². The van der Waals surface area contributed by atoms with Gasteiger partial charge in [-0.25, -0.2) is 4.79 Å². The van der Waals surface area contributed by atoms with Gasteiger partial charge in [0.2, 0.25) is 0 Å². The summed E-state index contributed by atoms with van der Waals surface area (Å²) in [6, 6.07) is 7.48. The van der Waals surface area contributed by atoms with Gasteiger partial charge >= 0.3 is 5.76 Å². The Morgan fingerprint density at radius 1 is 1.19 bits per heavy atom. The van der Waals surface area contributed by atoms with Gasteiger partial charge in [0, 0.05) is 16.2 Å². The number of aromatic amines is 1. The van der Waals surface area contributed by atoms with E-state index in [1.165, 1.54) is 0 Å². The van der Waals surface area contributed by atoms with Gasteiger partial charge in [-0.2, -0.15) is 0 Å². The van der Waals surface area contributed by atoms with E-state index in [0.717, 1.165) is 27.0 Å². The van der Waals surface area contributed by atoms with Gasteiger partial charge in [-0.1, -0.05) is 15.9 Å². The third-order valence-corrected chi connectivity index (χ3v) is 3.81. The molecule has 0 aliphatic rings. The number of nitrogen functional groups attached to an aromatic ring is 1. The van der Waals surface area contributed by atoms with Crippen LogP contribution in [-0.2, 0) is 0 Å². The Balaban J connectivity index is 2.09. The SMILES string of the molecule is Cc1cc(Br)cc(C)c1Nc1cc2[nH]c(=O)oc2cc1N. The van der Waals surface area contributed by atoms with Crippen molar-refractivity contribution in [2.24, 2.45) is 0 Å². The normalized spacial score (nSPS) is 11.0. The Labute approximate surface area is 129 Å². The molecule has 21 heavy (non-hydrogen) atoms. The van der Waals surface area contributed by atoms with E-state index < -0.39 is 5.76 Å². The fraction of sp³-hybridized carbons (Fsp3) is 0.133. The topological polar surface area (TPSA) is 84.0 Å². The van der Waals surface area contributed by atoms with Crippen LogP contribution in [0.1, 0.15) is 11.1 Å². The molecule has 0 unspecified atom stereocenters. The summed E-state index contributed by atoms with van der Waals surface area (Å²) >= 11 is 3.48. The lowest BCUT2D eigenvalue weighted by atomic mass is 10.1. The summed E-state index contributed by atoms with van der Waals surface area (Å²) < 4.78 is 6.03. The Morgan fingerprint density at radius 2 is 1.86 bits per heavy atom. The smallest absolute Gasteiger partial charge is 0.408 e. The van der Waals surface area contributed by atoms with Gasteiger partial charge in [-0.05, 0) is 43.2 Å². The van der Waals surface area contributed by atoms with Gasteiger partial charge < -0.3 is 15.5 Å². The Morgan fingerprint density at radius 3 is 2.52 bits per heavy atom. The van der Waals surface area contributed by atoms with Crippen molar-refractivity contribution in [3.05, 3.63) is 50.4 Å². The molecule has 108 valence electrons. The summed E-state index contributed by atoms with van der Waals surface area (Å²) in [6.45, 7) is 4.04. The first kappa shape index (κ1) is 13.8. The summed E-state index contributed by atoms with van der Waals surface area (Å²) in [5, 5.41) is 3.33. The molecule has 6 heteroatoms. The molecule has 5 nitrogen and oxygen atoms in total. The lowest BCUT2D eigenvalue weighted by Crippen LogP contribution is -2.00. The maximum Gasteiger partial charge on any atom is 0.417 e. The summed E-state index contributed by atoms with van der Waals surface area (Å²) in [6.07, 6.45) is 0. The number of nitrogens with two attached hydrogens (primary N) is 1. The highest BCUT2D eigenvalue weighted by atomic mass is 79.9. The molecule has 0 atom stereocenters. The minimum absolute atomic E-state index is 0.451. The first-order valence-electron chi connectivity index (χ1n) is 6.40. The zero-order valence-corrected chi connectivity index (χ0v) is 13.2. The van der Waals surface area contributed by atoms with Crippen molar-refractivity contribution < 1.29 is 4.42 Å². The maximum absolute atomic E-state index is 11.2. The van der Waals surface area contributed by atoms with Gasteiger partial charge in [0.1, 0.15) is 0 Å². The second kappa shape index (κ2) is 4.96. The van der Waals surface area contributed by atoms with Crippen LogP contribution in [-0.4, -0.2) is 4.98 Å². The highest BCUT2D eigenvalue weighted by Crippen LogP contribution is 2.32. The maximum atomic E-state index is 11.2. The second-order valence-corrected chi connectivity index (χ2v) is 5.91. The molecule has 0 bridgehead atoms. The molecule has 0 saturated heterocycles. The van der Waals surface area contributed by atoms with Crippen LogP contribution in [0.3, 0.4) is 0 Å². The zero-order valence-electron chi connectivity index (χ0n) is 11.6. The molecule has 2 aromatic carbocycles. The molecule has 4 N–H and O–H groups in total. The molecular weight excluding hydrogens is 334 g/mol. The molecule has 1 heterocycles. The summed E-state index contributed by atoms with van der Waals surface area (Å²) in [4.78, 5) is 13.9. The highest BCUT2D eigenvalue weighted by molar-refractivity contribution is 9.10. The number of rotatable bonds is 2. The molecule has 1 aromatic heterocycles. The first-order chi connectivity index (χ1) is 9.94. The quantitative estimate of drug-likeness (QED) is 0.615. The molecule has 0 amide bonds. The van der Waals surface area contributed by atoms with E-state index in [1.54, 1.807) is 12.1 Å². The van der Waals surface area contributed by atoms with E-state index in [1.807, 2.05) is 26.0 Å². The molecule has 0 saturated carbocycles. The van der Waals surface area contributed by atoms with Gasteiger partial charge in [-0.3, -0.25) is 4.98 Å². The van der Waals surface area contributed by atoms with E-state index in [2.05, 4.69) is 26.2 Å². The van der Waals surface area contributed by atoms with E-state index in [4.69, 9.17) is 10.2 Å². The number of halogens is 1. The van der Waals surface area contributed by atoms with Crippen LogP contribution in [0.2, 0.25) is 0 Å². The van der Waals surface area contributed by atoms with Crippen LogP contribution in [0.5, 0.6) is 0 Å². The lowest BCUT2D eigenvalue weighted by Gasteiger charge is -2.15. The standard InChI is InChI=1S/C15H14BrN3O2/c1-7-3-9(16)4-8(2)14(7)18-11-6-12-13(5-10(11)17)21-15(20)19-12/h3-6,18H,17H2,1-2H3,(H,19,20). The Bertz CT molecular complexity index is 873. The van der Waals surface area contributed by atoms with Crippen LogP contribution in [0, 0.1) is 13.8 Å². The fourth-order valence-corrected chi connectivity index (χ4v) is 3.05. The van der Waals surface area contributed by atoms with Gasteiger partial charge in [0.05, 0.1) is 16.9 Å². The van der Waals surface area contributed by atoms with Crippen LogP contribution in [0.4, 0.5) is 17.1 Å². The number of anilines is 3. The Hall–Kier alpha value is -2.21. The third kappa shape index (κ3) is 2.54. The predicted octanol–water partition coefficient (Wildman–Crippen LogP) is 3.83. The molecule has 0 spiro atoms. The molecule has 0 aliphatic heterocycles. The van der Waals surface area contributed by atoms with Crippen LogP contribution < -0.4 is 16.8 Å². The van der Waals surface area contributed by atoms with E-state index >= 15 is 0 Å². The van der Waals surface area contributed by atoms with Crippen molar-refractivity contribution in [2.45, 2.75) is 13.8 Å². The monoisotopic (exact) mass is 347 g/mol. The summed E-state index contributed by atoms with van der Waals surface area (Å²) in [5.74, 6) is -0.488. The van der Waals surface area contributed by atoms with Gasteiger partial charge in [0.25, 0.3) is 0 Å². The van der Waals surface area contributed by atoms with Crippen LogP contribution in [0.15, 0.2) is 37.9 Å². The number of hydrogen-bond acceptors (Lipinski definition) is 4. The minimum atomic E-state index is -0.488. The van der Waals surface area contributed by atoms with Crippen molar-refractivity contribution >= 4 is 44.1 Å². The number of hydrogen-bond donors (Lipinski definition) is 3. The highest BCUT2D eigenvalue weighted by Gasteiger charge is 2.10. The molecule has 3 rings (SSSR count). The number of oxazole rings is 1. The summed E-state index contributed by atoms with van der Waals surface area (Å²) in [5.41, 5.74) is 11.5. The molecule has 0 aliphatic carbocycles. The largest absolute Gasteiger partial charge is 0.417 e. The summed E-state index contributed by atoms with van der Waals surface area (Å²) in [7, 11) is 0. The van der Waals surface area contributed by atoms with Crippen LogP contribution in [0.25, 0.3) is 11.1 Å². The molecule has 0 fully saturated rings. The average Bonchev–Trinajstić information content (AvgIpc) is 2.72. The number of benzene rings is 2. The second-order valence-electron chi connectivity index (χ2n) is 4.99. The number of nitrogens with one attached hydrogen (secondary N) is 2. The molecular formula is C15H14BrN3O2. The number of aromatic nitrogens is 1. The minimum Gasteiger partial charge on any atom is -0.408 e. The third-order valence-electron chi connectivity index (χ3n) is 3.35.